The SMILES string of the molecule is CC(=O)OC1C(C)=C(Br)C(=O)N1C1=NNCC1. The van der Waals surface area contributed by atoms with Crippen LogP contribution in [0.5, 0.6) is 0 Å². The summed E-state index contributed by atoms with van der Waals surface area (Å²) < 4.78 is 5.59. The van der Waals surface area contributed by atoms with E-state index in [9.17, 15) is 9.59 Å². The maximum Gasteiger partial charge on any atom is 0.304 e. The number of nitrogens with zero attached hydrogens (tertiary/aromatic N) is 2. The molecule has 7 heteroatoms. The van der Waals surface area contributed by atoms with Crippen LogP contribution in [-0.2, 0) is 14.3 Å². The molecule has 0 aromatic rings. The monoisotopic (exact) mass is 301 g/mol. The van der Waals surface area contributed by atoms with E-state index in [1.807, 2.05) is 0 Å². The molecule has 1 atom stereocenters. The van der Waals surface area contributed by atoms with E-state index in [4.69, 9.17) is 4.74 Å². The minimum Gasteiger partial charge on any atom is -0.437 e. The third-order valence-electron chi connectivity index (χ3n) is 2.58. The maximum atomic E-state index is 12.0. The van der Waals surface area contributed by atoms with E-state index in [-0.39, 0.29) is 5.91 Å². The number of amides is 1. The fourth-order valence-corrected chi connectivity index (χ4v) is 2.17. The lowest BCUT2D eigenvalue weighted by atomic mass is 10.3. The van der Waals surface area contributed by atoms with Crippen LogP contribution < -0.4 is 5.43 Å². The zero-order valence-corrected chi connectivity index (χ0v) is 11.1. The molecule has 6 nitrogen and oxygen atoms in total. The van der Waals surface area contributed by atoms with Crippen LogP contribution in [0.4, 0.5) is 0 Å². The molecule has 2 aliphatic rings. The standard InChI is InChI=1S/C10H12BrN3O3/c1-5-8(11)9(16)14(7-3-4-12-13-7)10(5)17-6(2)15/h10,12H,3-4H2,1-2H3. The van der Waals surface area contributed by atoms with Crippen molar-refractivity contribution in [2.24, 2.45) is 5.10 Å². The predicted octanol–water partition coefficient (Wildman–Crippen LogP) is 0.694. The van der Waals surface area contributed by atoms with E-state index >= 15 is 0 Å². The zero-order chi connectivity index (χ0) is 12.6. The molecule has 2 rings (SSSR count). The molecule has 0 spiro atoms. The van der Waals surface area contributed by atoms with E-state index in [2.05, 4.69) is 26.5 Å². The first-order chi connectivity index (χ1) is 8.02. The summed E-state index contributed by atoms with van der Waals surface area (Å²) in [6.07, 6.45) is -0.0510. The van der Waals surface area contributed by atoms with Crippen LogP contribution >= 0.6 is 15.9 Å². The molecule has 92 valence electrons. The fourth-order valence-electron chi connectivity index (χ4n) is 1.78. The fraction of sp³-hybridized carbons (Fsp3) is 0.500. The number of carbonyl (C=O) groups excluding carboxylic acids is 2. The second-order valence-corrected chi connectivity index (χ2v) is 4.61. The first-order valence-corrected chi connectivity index (χ1v) is 5.98. The zero-order valence-electron chi connectivity index (χ0n) is 9.49. The minimum absolute atomic E-state index is 0.226. The van der Waals surface area contributed by atoms with Crippen molar-refractivity contribution in [1.29, 1.82) is 0 Å². The average molecular weight is 302 g/mol. The quantitative estimate of drug-likeness (QED) is 0.724. The van der Waals surface area contributed by atoms with Crippen molar-refractivity contribution in [3.8, 4) is 0 Å². The Hall–Kier alpha value is -1.37. The van der Waals surface area contributed by atoms with E-state index in [1.165, 1.54) is 11.8 Å². The van der Waals surface area contributed by atoms with Crippen molar-refractivity contribution in [3.05, 3.63) is 10.1 Å². The summed E-state index contributed by atoms with van der Waals surface area (Å²) in [6.45, 7) is 3.75. The molecule has 0 radical (unpaired) electrons. The van der Waals surface area contributed by atoms with Crippen molar-refractivity contribution in [1.82, 2.24) is 10.3 Å². The van der Waals surface area contributed by atoms with Crippen molar-refractivity contribution >= 4 is 33.6 Å². The molecule has 1 unspecified atom stereocenters. The van der Waals surface area contributed by atoms with Crippen LogP contribution in [0.1, 0.15) is 20.3 Å². The number of amidine groups is 1. The summed E-state index contributed by atoms with van der Waals surface area (Å²) in [4.78, 5) is 24.5. The molecule has 0 bridgehead atoms. The van der Waals surface area contributed by atoms with Gasteiger partial charge in [0.1, 0.15) is 5.84 Å². The van der Waals surface area contributed by atoms with Crippen LogP contribution in [0.25, 0.3) is 0 Å². The molecule has 0 aliphatic carbocycles. The maximum absolute atomic E-state index is 12.0. The summed E-state index contributed by atoms with van der Waals surface area (Å²) in [6, 6.07) is 0. The third kappa shape index (κ3) is 2.06. The van der Waals surface area contributed by atoms with Crippen molar-refractivity contribution in [3.63, 3.8) is 0 Å². The van der Waals surface area contributed by atoms with E-state index < -0.39 is 12.2 Å². The lowest BCUT2D eigenvalue weighted by Gasteiger charge is -2.24. The van der Waals surface area contributed by atoms with Gasteiger partial charge >= 0.3 is 5.97 Å². The van der Waals surface area contributed by atoms with Gasteiger partial charge in [-0.1, -0.05) is 0 Å². The Morgan fingerprint density at radius 2 is 2.35 bits per heavy atom. The molecule has 0 saturated carbocycles. The van der Waals surface area contributed by atoms with E-state index in [0.717, 1.165) is 0 Å². The number of ether oxygens (including phenoxy) is 1. The Morgan fingerprint density at radius 3 is 2.88 bits per heavy atom. The Labute approximate surface area is 107 Å². The Morgan fingerprint density at radius 1 is 1.65 bits per heavy atom. The predicted molar refractivity (Wildman–Crippen MR) is 64.1 cm³/mol. The molecule has 0 aromatic carbocycles. The second kappa shape index (κ2) is 4.48. The average Bonchev–Trinajstić information content (AvgIpc) is 2.84. The molecule has 2 aliphatic heterocycles. The normalized spacial score (nSPS) is 23.9. The van der Waals surface area contributed by atoms with Crippen LogP contribution in [0.2, 0.25) is 0 Å². The highest BCUT2D eigenvalue weighted by Gasteiger charge is 2.41. The molecular weight excluding hydrogens is 290 g/mol. The van der Waals surface area contributed by atoms with Crippen molar-refractivity contribution < 1.29 is 14.3 Å². The molecule has 0 fully saturated rings. The molecular formula is C10H12BrN3O3. The van der Waals surface area contributed by atoms with Gasteiger partial charge in [-0.05, 0) is 22.9 Å². The number of hydrazone groups is 1. The van der Waals surface area contributed by atoms with Gasteiger partial charge in [0.15, 0.2) is 0 Å². The Balaban J connectivity index is 2.30. The molecule has 1 amide bonds. The summed E-state index contributed by atoms with van der Waals surface area (Å²) in [7, 11) is 0. The largest absolute Gasteiger partial charge is 0.437 e. The molecule has 1 N–H and O–H groups in total. The van der Waals surface area contributed by atoms with E-state index in [0.29, 0.717) is 28.9 Å². The van der Waals surface area contributed by atoms with Crippen molar-refractivity contribution in [2.75, 3.05) is 6.54 Å². The van der Waals surface area contributed by atoms with Crippen LogP contribution in [-0.4, -0.2) is 35.4 Å². The topological polar surface area (TPSA) is 71.0 Å². The summed E-state index contributed by atoms with van der Waals surface area (Å²) in [5.74, 6) is -0.0628. The Kier molecular flexibility index (Phi) is 3.19. The number of halogens is 1. The minimum atomic E-state index is -0.687. The van der Waals surface area contributed by atoms with Gasteiger partial charge in [-0.2, -0.15) is 5.10 Å². The first-order valence-electron chi connectivity index (χ1n) is 5.19. The Bertz CT molecular complexity index is 444. The highest BCUT2D eigenvalue weighted by molar-refractivity contribution is 9.12. The highest BCUT2D eigenvalue weighted by Crippen LogP contribution is 2.31. The first kappa shape index (κ1) is 12.1. The highest BCUT2D eigenvalue weighted by atomic mass is 79.9. The van der Waals surface area contributed by atoms with Gasteiger partial charge < -0.3 is 10.2 Å². The summed E-state index contributed by atoms with van der Waals surface area (Å²) in [5.41, 5.74) is 3.47. The van der Waals surface area contributed by atoms with Gasteiger partial charge in [0, 0.05) is 25.5 Å². The van der Waals surface area contributed by atoms with Crippen LogP contribution in [0.3, 0.4) is 0 Å². The lowest BCUT2D eigenvalue weighted by molar-refractivity contribution is -0.151. The number of hydrogen-bond donors (Lipinski definition) is 1. The second-order valence-electron chi connectivity index (χ2n) is 3.82. The number of carbonyl (C=O) groups is 2. The number of nitrogens with one attached hydrogen (secondary N) is 1. The molecule has 0 saturated heterocycles. The smallest absolute Gasteiger partial charge is 0.304 e. The van der Waals surface area contributed by atoms with Gasteiger partial charge in [0.2, 0.25) is 6.23 Å². The van der Waals surface area contributed by atoms with Gasteiger partial charge in [0.25, 0.3) is 5.91 Å². The van der Waals surface area contributed by atoms with E-state index in [1.54, 1.807) is 6.92 Å². The number of esters is 1. The van der Waals surface area contributed by atoms with Gasteiger partial charge in [-0.3, -0.25) is 14.5 Å². The van der Waals surface area contributed by atoms with Gasteiger partial charge in [-0.15, -0.1) is 0 Å². The van der Waals surface area contributed by atoms with Crippen LogP contribution in [0.15, 0.2) is 15.2 Å². The summed E-state index contributed by atoms with van der Waals surface area (Å²) in [5, 5.41) is 4.03. The molecule has 0 aromatic heterocycles. The third-order valence-corrected chi connectivity index (χ3v) is 3.55. The van der Waals surface area contributed by atoms with Gasteiger partial charge in [-0.25, -0.2) is 0 Å². The summed E-state index contributed by atoms with van der Waals surface area (Å²) >= 11 is 3.21. The number of rotatable bonds is 1. The van der Waals surface area contributed by atoms with Crippen LogP contribution in [0, 0.1) is 0 Å². The lowest BCUT2D eigenvalue weighted by Crippen LogP contribution is -2.42. The molecule has 2 heterocycles. The molecule has 17 heavy (non-hydrogen) atoms. The van der Waals surface area contributed by atoms with Gasteiger partial charge in [0.05, 0.1) is 4.48 Å². The van der Waals surface area contributed by atoms with Crippen molar-refractivity contribution in [2.45, 2.75) is 26.5 Å². The number of hydrogen-bond acceptors (Lipinski definition) is 5.